The van der Waals surface area contributed by atoms with Crippen molar-refractivity contribution < 1.29 is 9.84 Å². The molecule has 1 atom stereocenters. The average Bonchev–Trinajstić information content (AvgIpc) is 2.95. The number of ether oxygens (including phenoxy) is 1. The Bertz CT molecular complexity index is 822. The second-order valence-corrected chi connectivity index (χ2v) is 8.99. The number of benzene rings is 2. The number of fused-ring (bicyclic) bond motifs is 1. The van der Waals surface area contributed by atoms with E-state index in [1.54, 1.807) is 0 Å². The lowest BCUT2D eigenvalue weighted by molar-refractivity contribution is 0.116. The van der Waals surface area contributed by atoms with Crippen LogP contribution in [0.1, 0.15) is 29.5 Å². The van der Waals surface area contributed by atoms with Crippen molar-refractivity contribution in [1.29, 1.82) is 0 Å². The lowest BCUT2D eigenvalue weighted by Crippen LogP contribution is -2.36. The predicted molar refractivity (Wildman–Crippen MR) is 122 cm³/mol. The topological polar surface area (TPSA) is 39.2 Å². The summed E-state index contributed by atoms with van der Waals surface area (Å²) in [6.45, 7) is 6.90. The minimum Gasteiger partial charge on any atom is -0.492 e. The monoisotopic (exact) mass is 409 g/mol. The van der Waals surface area contributed by atoms with E-state index >= 15 is 0 Å². The van der Waals surface area contributed by atoms with Crippen LogP contribution in [0.5, 0.6) is 5.75 Å². The molecule has 0 saturated carbocycles. The smallest absolute Gasteiger partial charge is 0.123 e. The van der Waals surface area contributed by atoms with Crippen molar-refractivity contribution in [1.82, 2.24) is 9.80 Å². The summed E-state index contributed by atoms with van der Waals surface area (Å²) >= 11 is 0. The second kappa shape index (κ2) is 9.82. The van der Waals surface area contributed by atoms with Gasteiger partial charge in [0.05, 0.1) is 0 Å². The maximum atomic E-state index is 9.51. The van der Waals surface area contributed by atoms with Gasteiger partial charge in [-0.25, -0.2) is 0 Å². The molecule has 0 aliphatic carbocycles. The Balaban J connectivity index is 1.42. The molecule has 0 unspecified atom stereocenters. The molecule has 2 heterocycles. The van der Waals surface area contributed by atoms with Gasteiger partial charge < -0.3 is 14.7 Å². The quantitative estimate of drug-likeness (QED) is 0.792. The molecule has 5 nitrogen and oxygen atoms in total. The number of likely N-dealkylation sites (tertiary alicyclic amines) is 1. The molecule has 1 saturated heterocycles. The zero-order chi connectivity index (χ0) is 20.9. The number of anilines is 1. The number of aliphatic hydroxyl groups excluding tert-OH is 1. The van der Waals surface area contributed by atoms with E-state index in [1.807, 2.05) is 0 Å². The molecule has 0 aromatic heterocycles. The van der Waals surface area contributed by atoms with E-state index in [1.165, 1.54) is 28.8 Å². The molecule has 1 fully saturated rings. The molecule has 2 aliphatic rings. The Morgan fingerprint density at radius 3 is 2.53 bits per heavy atom. The van der Waals surface area contributed by atoms with Crippen LogP contribution in [0.25, 0.3) is 0 Å². The van der Waals surface area contributed by atoms with Gasteiger partial charge in [-0.2, -0.15) is 0 Å². The van der Waals surface area contributed by atoms with Crippen LogP contribution in [0.4, 0.5) is 5.69 Å². The number of hydrogen-bond donors (Lipinski definition) is 1. The van der Waals surface area contributed by atoms with Crippen molar-refractivity contribution in [2.24, 2.45) is 5.92 Å². The predicted octanol–water partition coefficient (Wildman–Crippen LogP) is 3.35. The minimum absolute atomic E-state index is 0.305. The van der Waals surface area contributed by atoms with E-state index in [-0.39, 0.29) is 0 Å². The van der Waals surface area contributed by atoms with Crippen molar-refractivity contribution in [3.63, 3.8) is 0 Å². The molecule has 2 aromatic carbocycles. The van der Waals surface area contributed by atoms with Gasteiger partial charge in [0.1, 0.15) is 12.4 Å². The van der Waals surface area contributed by atoms with E-state index in [0.717, 1.165) is 58.0 Å². The molecule has 2 aliphatic heterocycles. The summed E-state index contributed by atoms with van der Waals surface area (Å²) in [7, 11) is 4.15. The first-order chi connectivity index (χ1) is 14.6. The normalized spacial score (nSPS) is 20.3. The van der Waals surface area contributed by atoms with Crippen LogP contribution in [-0.4, -0.2) is 61.8 Å². The van der Waals surface area contributed by atoms with Gasteiger partial charge in [0, 0.05) is 64.7 Å². The molecule has 162 valence electrons. The number of aliphatic hydroxyl groups is 1. The fourth-order valence-electron chi connectivity index (χ4n) is 4.59. The molecule has 2 aromatic rings. The van der Waals surface area contributed by atoms with Crippen LogP contribution < -0.4 is 9.64 Å². The zero-order valence-corrected chi connectivity index (χ0v) is 18.4. The molecule has 0 spiro atoms. The average molecular weight is 410 g/mol. The van der Waals surface area contributed by atoms with Crippen molar-refractivity contribution in [3.05, 3.63) is 59.2 Å². The van der Waals surface area contributed by atoms with E-state index in [2.05, 4.69) is 71.3 Å². The first kappa shape index (κ1) is 21.2. The summed E-state index contributed by atoms with van der Waals surface area (Å²) in [5, 5.41) is 9.51. The van der Waals surface area contributed by atoms with Crippen LogP contribution in [0.3, 0.4) is 0 Å². The van der Waals surface area contributed by atoms with Crippen molar-refractivity contribution in [2.45, 2.75) is 32.5 Å². The molecule has 5 heteroatoms. The maximum Gasteiger partial charge on any atom is 0.123 e. The third-order valence-corrected chi connectivity index (χ3v) is 6.31. The third kappa shape index (κ3) is 5.34. The fourth-order valence-corrected chi connectivity index (χ4v) is 4.59. The number of nitrogens with zero attached hydrogens (tertiary/aromatic N) is 3. The highest BCUT2D eigenvalue weighted by atomic mass is 16.5. The summed E-state index contributed by atoms with van der Waals surface area (Å²) in [5.41, 5.74) is 5.19. The van der Waals surface area contributed by atoms with Crippen molar-refractivity contribution >= 4 is 5.69 Å². The first-order valence-corrected chi connectivity index (χ1v) is 11.2. The van der Waals surface area contributed by atoms with Gasteiger partial charge in [0.25, 0.3) is 0 Å². The Kier molecular flexibility index (Phi) is 6.93. The standard InChI is InChI=1S/C25H35N3O2/c1-26(2)24-8-5-20(6-9-24)15-28-12-13-30-25-10-7-21(14-23(25)18-28)16-27-11-3-4-22(17-27)19-29/h5-10,14,22,29H,3-4,11-13,15-19H2,1-2H3/t22-/m1/s1. The lowest BCUT2D eigenvalue weighted by Gasteiger charge is -2.32. The Morgan fingerprint density at radius 2 is 1.77 bits per heavy atom. The molecule has 4 rings (SSSR count). The van der Waals surface area contributed by atoms with E-state index in [4.69, 9.17) is 4.74 Å². The van der Waals surface area contributed by atoms with Gasteiger partial charge in [-0.3, -0.25) is 9.80 Å². The summed E-state index contributed by atoms with van der Waals surface area (Å²) in [4.78, 5) is 7.09. The lowest BCUT2D eigenvalue weighted by atomic mass is 9.98. The number of rotatable bonds is 6. The maximum absolute atomic E-state index is 9.51. The Labute approximate surface area is 180 Å². The fraction of sp³-hybridized carbons (Fsp3) is 0.520. The molecule has 0 radical (unpaired) electrons. The van der Waals surface area contributed by atoms with Crippen LogP contribution in [0.15, 0.2) is 42.5 Å². The van der Waals surface area contributed by atoms with E-state index in [9.17, 15) is 5.11 Å². The zero-order valence-electron chi connectivity index (χ0n) is 18.4. The Hall–Kier alpha value is -2.08. The van der Waals surface area contributed by atoms with Gasteiger partial charge in [-0.1, -0.05) is 18.2 Å². The van der Waals surface area contributed by atoms with Gasteiger partial charge >= 0.3 is 0 Å². The molecule has 0 amide bonds. The SMILES string of the molecule is CN(C)c1ccc(CN2CCOc3ccc(CN4CCC[C@@H](CO)C4)cc3C2)cc1. The van der Waals surface area contributed by atoms with Gasteiger partial charge in [-0.15, -0.1) is 0 Å². The van der Waals surface area contributed by atoms with Crippen LogP contribution in [-0.2, 0) is 19.6 Å². The van der Waals surface area contributed by atoms with Gasteiger partial charge in [0.2, 0.25) is 0 Å². The van der Waals surface area contributed by atoms with Gasteiger partial charge in [-0.05, 0) is 60.7 Å². The second-order valence-electron chi connectivity index (χ2n) is 8.99. The largest absolute Gasteiger partial charge is 0.492 e. The molecular formula is C25H35N3O2. The van der Waals surface area contributed by atoms with Gasteiger partial charge in [0.15, 0.2) is 0 Å². The summed E-state index contributed by atoms with van der Waals surface area (Å²) in [5.74, 6) is 1.45. The molecule has 30 heavy (non-hydrogen) atoms. The summed E-state index contributed by atoms with van der Waals surface area (Å²) < 4.78 is 6.05. The molecular weight excluding hydrogens is 374 g/mol. The van der Waals surface area contributed by atoms with Crippen molar-refractivity contribution in [2.75, 3.05) is 51.8 Å². The van der Waals surface area contributed by atoms with E-state index < -0.39 is 0 Å². The Morgan fingerprint density at radius 1 is 1.00 bits per heavy atom. The van der Waals surface area contributed by atoms with Crippen LogP contribution >= 0.6 is 0 Å². The molecule has 0 bridgehead atoms. The van der Waals surface area contributed by atoms with Crippen LogP contribution in [0, 0.1) is 5.92 Å². The third-order valence-electron chi connectivity index (χ3n) is 6.31. The highest BCUT2D eigenvalue weighted by Gasteiger charge is 2.21. The summed E-state index contributed by atoms with van der Waals surface area (Å²) in [6, 6.07) is 15.5. The first-order valence-electron chi connectivity index (χ1n) is 11.2. The van der Waals surface area contributed by atoms with Crippen LogP contribution in [0.2, 0.25) is 0 Å². The van der Waals surface area contributed by atoms with Crippen molar-refractivity contribution in [3.8, 4) is 5.75 Å². The minimum atomic E-state index is 0.305. The highest BCUT2D eigenvalue weighted by Crippen LogP contribution is 2.27. The number of piperidine rings is 1. The van der Waals surface area contributed by atoms with E-state index in [0.29, 0.717) is 12.5 Å². The molecule has 1 N–H and O–H groups in total. The highest BCUT2D eigenvalue weighted by molar-refractivity contribution is 5.46. The number of hydrogen-bond acceptors (Lipinski definition) is 5. The summed E-state index contributed by atoms with van der Waals surface area (Å²) in [6.07, 6.45) is 2.33.